The standard InChI is InChI=1S/C31H42N2O6/c1-6-19-18-33-11-9-21-14-27(35-3)28(36-4)17-24(21)26(33)13-22(19)12-25-23-16-29(37-5)30(39-31(34)38-7-2)15-20(23)8-10-32-25/h14-17,19,22,25-26,32H,6-13,18H2,1-5H3/t19-,22+,25+,26-/m0/s1. The normalized spacial score (nSPS) is 24.1. The van der Waals surface area contributed by atoms with Crippen LogP contribution in [0, 0.1) is 11.8 Å². The Labute approximate surface area is 231 Å². The van der Waals surface area contributed by atoms with Gasteiger partial charge in [-0.2, -0.15) is 0 Å². The molecule has 0 spiro atoms. The van der Waals surface area contributed by atoms with E-state index in [1.165, 1.54) is 28.7 Å². The van der Waals surface area contributed by atoms with E-state index in [2.05, 4.69) is 29.3 Å². The molecule has 2 aromatic carbocycles. The third kappa shape index (κ3) is 5.54. The quantitative estimate of drug-likeness (QED) is 0.350. The van der Waals surface area contributed by atoms with Crippen LogP contribution in [0.15, 0.2) is 24.3 Å². The molecule has 0 aliphatic carbocycles. The summed E-state index contributed by atoms with van der Waals surface area (Å²) >= 11 is 0. The predicted octanol–water partition coefficient (Wildman–Crippen LogP) is 5.47. The molecule has 0 amide bonds. The molecule has 212 valence electrons. The van der Waals surface area contributed by atoms with Gasteiger partial charge >= 0.3 is 6.16 Å². The average molecular weight is 539 g/mol. The Balaban J connectivity index is 1.40. The molecule has 4 atom stereocenters. The SMILES string of the molecule is CCOC(=O)Oc1cc2c(cc1OC)[C@@H](C[C@@H]1C[C@H]3c4cc(OC)c(OC)cc4CCN3C[C@@H]1CC)NCC2. The minimum Gasteiger partial charge on any atom is -0.493 e. The summed E-state index contributed by atoms with van der Waals surface area (Å²) in [5.74, 6) is 3.80. The Morgan fingerprint density at radius 3 is 2.28 bits per heavy atom. The first kappa shape index (κ1) is 27.6. The zero-order valence-corrected chi connectivity index (χ0v) is 23.9. The average Bonchev–Trinajstić information content (AvgIpc) is 2.95. The van der Waals surface area contributed by atoms with Crippen molar-refractivity contribution < 1.29 is 28.5 Å². The van der Waals surface area contributed by atoms with Crippen molar-refractivity contribution in [3.05, 3.63) is 46.5 Å². The second-order valence-corrected chi connectivity index (χ2v) is 10.8. The van der Waals surface area contributed by atoms with Gasteiger partial charge in [0.1, 0.15) is 0 Å². The summed E-state index contributed by atoms with van der Waals surface area (Å²) in [7, 11) is 5.03. The lowest BCUT2D eigenvalue weighted by Gasteiger charge is -2.48. The molecule has 1 saturated heterocycles. The van der Waals surface area contributed by atoms with Crippen molar-refractivity contribution in [3.63, 3.8) is 0 Å². The monoisotopic (exact) mass is 538 g/mol. The summed E-state index contributed by atoms with van der Waals surface area (Å²) in [5, 5.41) is 3.79. The Morgan fingerprint density at radius 2 is 1.56 bits per heavy atom. The molecule has 5 rings (SSSR count). The van der Waals surface area contributed by atoms with Crippen LogP contribution >= 0.6 is 0 Å². The number of carbonyl (C=O) groups is 1. The van der Waals surface area contributed by atoms with E-state index < -0.39 is 6.16 Å². The first-order chi connectivity index (χ1) is 19.0. The number of methoxy groups -OCH3 is 3. The third-order valence-corrected chi connectivity index (χ3v) is 8.88. The number of hydrogen-bond donors (Lipinski definition) is 1. The van der Waals surface area contributed by atoms with Crippen molar-refractivity contribution in [2.24, 2.45) is 11.8 Å². The van der Waals surface area contributed by atoms with E-state index in [9.17, 15) is 4.79 Å². The van der Waals surface area contributed by atoms with Crippen LogP contribution in [0.25, 0.3) is 0 Å². The highest BCUT2D eigenvalue weighted by molar-refractivity contribution is 5.66. The Morgan fingerprint density at radius 1 is 0.897 bits per heavy atom. The lowest BCUT2D eigenvalue weighted by molar-refractivity contribution is 0.0434. The summed E-state index contributed by atoms with van der Waals surface area (Å²) in [4.78, 5) is 14.7. The van der Waals surface area contributed by atoms with Gasteiger partial charge in [0.2, 0.25) is 0 Å². The van der Waals surface area contributed by atoms with E-state index in [0.29, 0.717) is 29.4 Å². The van der Waals surface area contributed by atoms with Crippen molar-refractivity contribution in [1.82, 2.24) is 10.2 Å². The molecular formula is C31H42N2O6. The van der Waals surface area contributed by atoms with Crippen LogP contribution in [0.2, 0.25) is 0 Å². The maximum Gasteiger partial charge on any atom is 0.513 e. The second kappa shape index (κ2) is 12.0. The molecule has 39 heavy (non-hydrogen) atoms. The van der Waals surface area contributed by atoms with Crippen LogP contribution in [-0.4, -0.2) is 58.6 Å². The van der Waals surface area contributed by atoms with Crippen LogP contribution < -0.4 is 24.3 Å². The lowest BCUT2D eigenvalue weighted by Crippen LogP contribution is -2.46. The number of ether oxygens (including phenoxy) is 5. The zero-order valence-electron chi connectivity index (χ0n) is 23.9. The fourth-order valence-corrected chi connectivity index (χ4v) is 6.89. The molecule has 0 saturated carbocycles. The van der Waals surface area contributed by atoms with Gasteiger partial charge in [0.15, 0.2) is 23.0 Å². The number of hydrogen-bond acceptors (Lipinski definition) is 8. The molecule has 0 unspecified atom stereocenters. The molecule has 3 aliphatic rings. The molecule has 1 N–H and O–H groups in total. The van der Waals surface area contributed by atoms with Crippen LogP contribution in [0.5, 0.6) is 23.0 Å². The Hall–Kier alpha value is -2.97. The summed E-state index contributed by atoms with van der Waals surface area (Å²) < 4.78 is 27.3. The highest BCUT2D eigenvalue weighted by Gasteiger charge is 2.40. The Kier molecular flexibility index (Phi) is 8.52. The third-order valence-electron chi connectivity index (χ3n) is 8.88. The topological polar surface area (TPSA) is 78.5 Å². The molecule has 0 aromatic heterocycles. The van der Waals surface area contributed by atoms with E-state index in [-0.39, 0.29) is 12.6 Å². The summed E-state index contributed by atoms with van der Waals surface area (Å²) in [6.45, 7) is 7.45. The number of carbonyl (C=O) groups excluding carboxylic acids is 1. The zero-order chi connectivity index (χ0) is 27.5. The molecule has 1 fully saturated rings. The second-order valence-electron chi connectivity index (χ2n) is 10.8. The Bertz CT molecular complexity index is 1180. The number of rotatable bonds is 8. The highest BCUT2D eigenvalue weighted by atomic mass is 16.7. The lowest BCUT2D eigenvalue weighted by atomic mass is 9.72. The van der Waals surface area contributed by atoms with Crippen molar-refractivity contribution in [2.45, 2.75) is 58.0 Å². The summed E-state index contributed by atoms with van der Waals surface area (Å²) in [6.07, 6.45) is 4.56. The largest absolute Gasteiger partial charge is 0.513 e. The van der Waals surface area contributed by atoms with E-state index in [1.807, 2.05) is 12.1 Å². The maximum atomic E-state index is 12.0. The smallest absolute Gasteiger partial charge is 0.493 e. The van der Waals surface area contributed by atoms with Gasteiger partial charge in [0.05, 0.1) is 27.9 Å². The molecule has 8 nitrogen and oxygen atoms in total. The summed E-state index contributed by atoms with van der Waals surface area (Å²) in [6, 6.07) is 8.99. The molecule has 0 bridgehead atoms. The van der Waals surface area contributed by atoms with Crippen LogP contribution in [0.4, 0.5) is 4.79 Å². The molecule has 3 heterocycles. The minimum atomic E-state index is -0.708. The van der Waals surface area contributed by atoms with Crippen LogP contribution in [-0.2, 0) is 17.6 Å². The van der Waals surface area contributed by atoms with Gasteiger partial charge in [0, 0.05) is 25.2 Å². The van der Waals surface area contributed by atoms with Gasteiger partial charge in [-0.3, -0.25) is 4.90 Å². The van der Waals surface area contributed by atoms with Gasteiger partial charge in [0.25, 0.3) is 0 Å². The van der Waals surface area contributed by atoms with Crippen LogP contribution in [0.3, 0.4) is 0 Å². The van der Waals surface area contributed by atoms with Gasteiger partial charge in [-0.1, -0.05) is 13.3 Å². The van der Waals surface area contributed by atoms with Gasteiger partial charge in [-0.15, -0.1) is 0 Å². The van der Waals surface area contributed by atoms with Gasteiger partial charge < -0.3 is 29.0 Å². The minimum absolute atomic E-state index is 0.221. The number of nitrogens with one attached hydrogen (secondary N) is 1. The molecule has 8 heteroatoms. The number of nitrogens with zero attached hydrogens (tertiary/aromatic N) is 1. The predicted molar refractivity (Wildman–Crippen MR) is 149 cm³/mol. The molecule has 3 aliphatic heterocycles. The first-order valence-electron chi connectivity index (χ1n) is 14.3. The van der Waals surface area contributed by atoms with Crippen molar-refractivity contribution in [1.29, 1.82) is 0 Å². The fraction of sp³-hybridized carbons (Fsp3) is 0.581. The van der Waals surface area contributed by atoms with E-state index >= 15 is 0 Å². The van der Waals surface area contributed by atoms with Crippen molar-refractivity contribution in [3.8, 4) is 23.0 Å². The molecule has 0 radical (unpaired) electrons. The summed E-state index contributed by atoms with van der Waals surface area (Å²) in [5.41, 5.74) is 5.20. The van der Waals surface area contributed by atoms with Gasteiger partial charge in [-0.25, -0.2) is 4.79 Å². The van der Waals surface area contributed by atoms with Crippen molar-refractivity contribution in [2.75, 3.05) is 47.6 Å². The fourth-order valence-electron chi connectivity index (χ4n) is 6.89. The number of piperidine rings is 1. The van der Waals surface area contributed by atoms with E-state index in [1.54, 1.807) is 28.3 Å². The molecule has 2 aromatic rings. The first-order valence-corrected chi connectivity index (χ1v) is 14.3. The highest BCUT2D eigenvalue weighted by Crippen LogP contribution is 2.48. The number of fused-ring (bicyclic) bond motifs is 4. The molecular weight excluding hydrogens is 496 g/mol. The van der Waals surface area contributed by atoms with Crippen LogP contribution in [0.1, 0.15) is 67.4 Å². The van der Waals surface area contributed by atoms with E-state index in [0.717, 1.165) is 56.8 Å². The van der Waals surface area contributed by atoms with E-state index in [4.69, 9.17) is 23.7 Å². The number of benzene rings is 2. The maximum absolute atomic E-state index is 12.0. The van der Waals surface area contributed by atoms with Gasteiger partial charge in [-0.05, 0) is 97.5 Å². The van der Waals surface area contributed by atoms with Crippen molar-refractivity contribution >= 4 is 6.16 Å².